The van der Waals surface area contributed by atoms with Crippen molar-refractivity contribution in [2.75, 3.05) is 0 Å². The molecule has 0 saturated carbocycles. The summed E-state index contributed by atoms with van der Waals surface area (Å²) in [5.74, 6) is 0. The molecule has 1 aromatic carbocycles. The number of hydrogen-bond donors (Lipinski definition) is 0. The molecule has 0 N–H and O–H groups in total. The largest absolute Gasteiger partial charge is 0.0835 e. The normalized spacial score (nSPS) is 10.0. The van der Waals surface area contributed by atoms with E-state index >= 15 is 0 Å². The molecule has 0 heterocycles. The highest BCUT2D eigenvalue weighted by molar-refractivity contribution is 6.48. The van der Waals surface area contributed by atoms with E-state index in [1.165, 1.54) is 6.07 Å². The summed E-state index contributed by atoms with van der Waals surface area (Å²) in [4.78, 5) is 0. The van der Waals surface area contributed by atoms with Gasteiger partial charge in [-0.15, -0.1) is 0 Å². The summed E-state index contributed by atoms with van der Waals surface area (Å²) in [7, 11) is 0. The average molecular weight is 215 g/mol. The molecular weight excluding hydrogens is 214 g/mol. The molecule has 0 unspecified atom stereocenters. The standard InChI is InChI=1S/C6HCl4/c7-3-1-4(8)6(10)5(9)2-3/h1H. The Labute approximate surface area is 78.6 Å². The minimum atomic E-state index is 0.249. The molecule has 0 nitrogen and oxygen atoms in total. The third-order valence-electron chi connectivity index (χ3n) is 0.885. The third kappa shape index (κ3) is 1.70. The van der Waals surface area contributed by atoms with Gasteiger partial charge in [0.2, 0.25) is 0 Å². The molecule has 1 rings (SSSR count). The minimum Gasteiger partial charge on any atom is -0.0835 e. The zero-order chi connectivity index (χ0) is 7.72. The van der Waals surface area contributed by atoms with Gasteiger partial charge in [-0.25, -0.2) is 0 Å². The van der Waals surface area contributed by atoms with Gasteiger partial charge in [-0.3, -0.25) is 0 Å². The van der Waals surface area contributed by atoms with Gasteiger partial charge in [0.25, 0.3) is 0 Å². The van der Waals surface area contributed by atoms with Gasteiger partial charge >= 0.3 is 0 Å². The van der Waals surface area contributed by atoms with Crippen LogP contribution in [0.4, 0.5) is 0 Å². The molecule has 0 saturated heterocycles. The maximum atomic E-state index is 5.60. The zero-order valence-electron chi connectivity index (χ0n) is 4.59. The first-order valence-electron chi connectivity index (χ1n) is 2.33. The van der Waals surface area contributed by atoms with Crippen molar-refractivity contribution < 1.29 is 0 Å². The molecule has 1 radical (unpaired) electrons. The molecule has 0 bridgehead atoms. The van der Waals surface area contributed by atoms with Crippen molar-refractivity contribution in [3.05, 3.63) is 32.2 Å². The number of benzene rings is 1. The lowest BCUT2D eigenvalue weighted by Gasteiger charge is -1.97. The van der Waals surface area contributed by atoms with Crippen molar-refractivity contribution in [1.82, 2.24) is 0 Å². The van der Waals surface area contributed by atoms with E-state index in [2.05, 4.69) is 6.07 Å². The van der Waals surface area contributed by atoms with E-state index in [1.54, 1.807) is 0 Å². The second-order valence-electron chi connectivity index (χ2n) is 1.59. The molecular formula is C6HCl4. The quantitative estimate of drug-likeness (QED) is 0.451. The van der Waals surface area contributed by atoms with E-state index < -0.39 is 0 Å². The van der Waals surface area contributed by atoms with Crippen molar-refractivity contribution in [2.45, 2.75) is 0 Å². The molecule has 0 amide bonds. The van der Waals surface area contributed by atoms with E-state index in [9.17, 15) is 0 Å². The molecule has 1 aromatic rings. The Balaban J connectivity index is 3.31. The summed E-state index contributed by atoms with van der Waals surface area (Å²) in [6, 6.07) is 4.08. The van der Waals surface area contributed by atoms with Gasteiger partial charge in [-0.2, -0.15) is 0 Å². The minimum absolute atomic E-state index is 0.249. The van der Waals surface area contributed by atoms with Gasteiger partial charge in [0.1, 0.15) is 0 Å². The Bertz CT molecular complexity index is 233. The van der Waals surface area contributed by atoms with Gasteiger partial charge < -0.3 is 0 Å². The Morgan fingerprint density at radius 2 is 1.70 bits per heavy atom. The second kappa shape index (κ2) is 3.19. The number of rotatable bonds is 0. The molecule has 0 aliphatic carbocycles. The molecule has 0 aliphatic rings. The summed E-state index contributed by atoms with van der Waals surface area (Å²) in [5, 5.41) is 1.24. The van der Waals surface area contributed by atoms with Crippen LogP contribution in [0.15, 0.2) is 6.07 Å². The Morgan fingerprint density at radius 1 is 1.10 bits per heavy atom. The summed E-state index contributed by atoms with van der Waals surface area (Å²) >= 11 is 22.3. The van der Waals surface area contributed by atoms with E-state index in [4.69, 9.17) is 46.4 Å². The maximum absolute atomic E-state index is 5.60. The van der Waals surface area contributed by atoms with Crippen LogP contribution in [0, 0.1) is 6.07 Å². The highest BCUT2D eigenvalue weighted by atomic mass is 35.5. The van der Waals surface area contributed by atoms with Gasteiger partial charge in [-0.1, -0.05) is 46.4 Å². The topological polar surface area (TPSA) is 0 Å². The average Bonchev–Trinajstić information content (AvgIpc) is 1.82. The van der Waals surface area contributed by atoms with Crippen molar-refractivity contribution in [3.8, 4) is 0 Å². The lowest BCUT2D eigenvalue weighted by Crippen LogP contribution is -1.72. The van der Waals surface area contributed by atoms with E-state index in [0.29, 0.717) is 10.0 Å². The molecule has 0 atom stereocenters. The van der Waals surface area contributed by atoms with Crippen LogP contribution in [0.1, 0.15) is 0 Å². The van der Waals surface area contributed by atoms with Crippen LogP contribution >= 0.6 is 46.4 Å². The summed E-state index contributed by atoms with van der Waals surface area (Å²) < 4.78 is 0. The fourth-order valence-electron chi connectivity index (χ4n) is 0.475. The van der Waals surface area contributed by atoms with Crippen LogP contribution in [-0.4, -0.2) is 0 Å². The fourth-order valence-corrected chi connectivity index (χ4v) is 1.34. The number of halogens is 4. The van der Waals surface area contributed by atoms with Crippen molar-refractivity contribution in [3.63, 3.8) is 0 Å². The lowest BCUT2D eigenvalue weighted by atomic mass is 10.4. The first kappa shape index (κ1) is 8.48. The lowest BCUT2D eigenvalue weighted by molar-refractivity contribution is 1.68. The van der Waals surface area contributed by atoms with E-state index in [0.717, 1.165) is 0 Å². The van der Waals surface area contributed by atoms with Crippen molar-refractivity contribution >= 4 is 46.4 Å². The highest BCUT2D eigenvalue weighted by Crippen LogP contribution is 2.32. The van der Waals surface area contributed by atoms with Crippen LogP contribution in [-0.2, 0) is 0 Å². The van der Waals surface area contributed by atoms with Crippen LogP contribution < -0.4 is 0 Å². The molecule has 0 fully saturated rings. The first-order chi connectivity index (χ1) is 4.61. The smallest absolute Gasteiger partial charge is 0.0785 e. The predicted molar refractivity (Wildman–Crippen MR) is 45.3 cm³/mol. The van der Waals surface area contributed by atoms with E-state index in [-0.39, 0.29) is 10.0 Å². The van der Waals surface area contributed by atoms with Gasteiger partial charge in [0.05, 0.1) is 20.1 Å². The first-order valence-corrected chi connectivity index (χ1v) is 3.85. The second-order valence-corrected chi connectivity index (χ2v) is 3.16. The van der Waals surface area contributed by atoms with Crippen LogP contribution in [0.25, 0.3) is 0 Å². The Kier molecular flexibility index (Phi) is 2.70. The number of hydrogen-bond acceptors (Lipinski definition) is 0. The summed E-state index contributed by atoms with van der Waals surface area (Å²) in [6.07, 6.45) is 0. The zero-order valence-corrected chi connectivity index (χ0v) is 7.61. The monoisotopic (exact) mass is 213 g/mol. The Hall–Kier alpha value is 0.380. The molecule has 10 heavy (non-hydrogen) atoms. The van der Waals surface area contributed by atoms with Gasteiger partial charge in [0.15, 0.2) is 0 Å². The van der Waals surface area contributed by atoms with E-state index in [1.807, 2.05) is 0 Å². The van der Waals surface area contributed by atoms with Crippen LogP contribution in [0.3, 0.4) is 0 Å². The van der Waals surface area contributed by atoms with Crippen LogP contribution in [0.5, 0.6) is 0 Å². The molecule has 0 aromatic heterocycles. The molecule has 53 valence electrons. The SMILES string of the molecule is Clc1[c]c(Cl)c(Cl)c(Cl)c1. The van der Waals surface area contributed by atoms with Crippen molar-refractivity contribution in [1.29, 1.82) is 0 Å². The molecule has 4 heteroatoms. The van der Waals surface area contributed by atoms with Gasteiger partial charge in [-0.05, 0) is 6.07 Å². The molecule has 0 spiro atoms. The summed E-state index contributed by atoms with van der Waals surface area (Å²) in [5.41, 5.74) is 0. The summed E-state index contributed by atoms with van der Waals surface area (Å²) in [6.45, 7) is 0. The fraction of sp³-hybridized carbons (Fsp3) is 0. The van der Waals surface area contributed by atoms with Crippen LogP contribution in [0.2, 0.25) is 20.1 Å². The highest BCUT2D eigenvalue weighted by Gasteiger charge is 2.03. The predicted octanol–water partition coefficient (Wildman–Crippen LogP) is 4.10. The maximum Gasteiger partial charge on any atom is 0.0785 e. The molecule has 0 aliphatic heterocycles. The third-order valence-corrected chi connectivity index (χ3v) is 2.26. The van der Waals surface area contributed by atoms with Gasteiger partial charge in [0, 0.05) is 6.07 Å². The Morgan fingerprint density at radius 3 is 2.20 bits per heavy atom. The van der Waals surface area contributed by atoms with Crippen molar-refractivity contribution in [2.24, 2.45) is 0 Å².